The highest BCUT2D eigenvalue weighted by atomic mass is 127. The number of aliphatic imine (C=N–C) groups is 1. The second-order valence-corrected chi connectivity index (χ2v) is 6.89. The molecule has 1 aliphatic rings. The number of piperidine rings is 1. The third-order valence-electron chi connectivity index (χ3n) is 4.32. The number of guanidine groups is 1. The molecule has 1 unspecified atom stereocenters. The Kier molecular flexibility index (Phi) is 10.2. The van der Waals surface area contributed by atoms with Crippen molar-refractivity contribution in [2.45, 2.75) is 26.3 Å². The summed E-state index contributed by atoms with van der Waals surface area (Å²) in [6.45, 7) is 6.89. The molecule has 0 aromatic heterocycles. The van der Waals surface area contributed by atoms with Crippen molar-refractivity contribution in [2.75, 3.05) is 47.4 Å². The van der Waals surface area contributed by atoms with Crippen LogP contribution in [-0.4, -0.2) is 63.1 Å². The lowest BCUT2D eigenvalue weighted by Crippen LogP contribution is -2.45. The zero-order valence-electron chi connectivity index (χ0n) is 16.0. The van der Waals surface area contributed by atoms with Crippen LogP contribution < -0.4 is 10.1 Å². The standard InChI is InChI=1S/C19H32N4O.HI/c1-16-7-6-10-23(15-16)19(20-2)21-14-17-8-5-9-18(13-17)24-12-11-22(3)4;/h5,8-9,13,16H,6-7,10-12,14-15H2,1-4H3,(H,20,21);1H. The number of hydrogen-bond donors (Lipinski definition) is 1. The largest absolute Gasteiger partial charge is 0.492 e. The monoisotopic (exact) mass is 460 g/mol. The molecule has 1 atom stereocenters. The molecular formula is C19H33IN4O. The van der Waals surface area contributed by atoms with E-state index in [1.165, 1.54) is 18.4 Å². The quantitative estimate of drug-likeness (QED) is 0.403. The van der Waals surface area contributed by atoms with E-state index in [1.54, 1.807) is 0 Å². The summed E-state index contributed by atoms with van der Waals surface area (Å²) < 4.78 is 5.81. The van der Waals surface area contributed by atoms with Crippen molar-refractivity contribution in [3.63, 3.8) is 0 Å². The van der Waals surface area contributed by atoms with Gasteiger partial charge in [0.05, 0.1) is 0 Å². The Morgan fingerprint density at radius 3 is 2.88 bits per heavy atom. The molecular weight excluding hydrogens is 427 g/mol. The van der Waals surface area contributed by atoms with E-state index >= 15 is 0 Å². The maximum Gasteiger partial charge on any atom is 0.193 e. The summed E-state index contributed by atoms with van der Waals surface area (Å²) in [7, 11) is 5.97. The van der Waals surface area contributed by atoms with Gasteiger partial charge in [0.2, 0.25) is 0 Å². The van der Waals surface area contributed by atoms with Gasteiger partial charge in [-0.3, -0.25) is 4.99 Å². The molecule has 0 aliphatic carbocycles. The fourth-order valence-corrected chi connectivity index (χ4v) is 2.99. The van der Waals surface area contributed by atoms with Crippen LogP contribution in [0.25, 0.3) is 0 Å². The number of likely N-dealkylation sites (tertiary alicyclic amines) is 1. The van der Waals surface area contributed by atoms with E-state index < -0.39 is 0 Å². The van der Waals surface area contributed by atoms with Gasteiger partial charge >= 0.3 is 0 Å². The Hall–Kier alpha value is -1.02. The van der Waals surface area contributed by atoms with Crippen LogP contribution >= 0.6 is 24.0 Å². The van der Waals surface area contributed by atoms with Crippen molar-refractivity contribution >= 4 is 29.9 Å². The summed E-state index contributed by atoms with van der Waals surface area (Å²) in [6.07, 6.45) is 2.57. The van der Waals surface area contributed by atoms with Gasteiger partial charge in [-0.05, 0) is 50.6 Å². The molecule has 1 aromatic rings. The van der Waals surface area contributed by atoms with Gasteiger partial charge in [0.15, 0.2) is 5.96 Å². The van der Waals surface area contributed by atoms with Crippen LogP contribution in [0.3, 0.4) is 0 Å². The Morgan fingerprint density at radius 1 is 1.40 bits per heavy atom. The number of nitrogens with one attached hydrogen (secondary N) is 1. The van der Waals surface area contributed by atoms with E-state index in [1.807, 2.05) is 19.2 Å². The van der Waals surface area contributed by atoms with E-state index in [9.17, 15) is 0 Å². The van der Waals surface area contributed by atoms with Gasteiger partial charge in [-0.2, -0.15) is 0 Å². The van der Waals surface area contributed by atoms with Crippen molar-refractivity contribution in [1.29, 1.82) is 0 Å². The third kappa shape index (κ3) is 7.81. The summed E-state index contributed by atoms with van der Waals surface area (Å²) >= 11 is 0. The Balaban J connectivity index is 0.00000312. The summed E-state index contributed by atoms with van der Waals surface area (Å²) in [6, 6.07) is 8.29. The second kappa shape index (κ2) is 11.6. The first-order chi connectivity index (χ1) is 11.6. The first-order valence-electron chi connectivity index (χ1n) is 8.90. The molecule has 1 saturated heterocycles. The minimum atomic E-state index is 0. The van der Waals surface area contributed by atoms with Crippen molar-refractivity contribution < 1.29 is 4.74 Å². The van der Waals surface area contributed by atoms with Crippen LogP contribution in [0.4, 0.5) is 0 Å². The lowest BCUT2D eigenvalue weighted by atomic mass is 10.0. The number of benzene rings is 1. The van der Waals surface area contributed by atoms with Crippen LogP contribution in [0.5, 0.6) is 5.75 Å². The number of rotatable bonds is 6. The molecule has 1 fully saturated rings. The third-order valence-corrected chi connectivity index (χ3v) is 4.32. The first kappa shape index (κ1) is 22.0. The van der Waals surface area contributed by atoms with Crippen molar-refractivity contribution in [1.82, 2.24) is 15.1 Å². The smallest absolute Gasteiger partial charge is 0.193 e. The Bertz CT molecular complexity index is 536. The molecule has 25 heavy (non-hydrogen) atoms. The average molecular weight is 460 g/mol. The summed E-state index contributed by atoms with van der Waals surface area (Å²) in [5.41, 5.74) is 1.21. The second-order valence-electron chi connectivity index (χ2n) is 6.89. The molecule has 0 saturated carbocycles. The number of nitrogens with zero attached hydrogens (tertiary/aromatic N) is 3. The highest BCUT2D eigenvalue weighted by Crippen LogP contribution is 2.16. The van der Waals surface area contributed by atoms with Crippen molar-refractivity contribution in [2.24, 2.45) is 10.9 Å². The summed E-state index contributed by atoms with van der Waals surface area (Å²) in [5, 5.41) is 3.49. The predicted octanol–water partition coefficient (Wildman–Crippen LogP) is 3.05. The average Bonchev–Trinajstić information content (AvgIpc) is 2.55. The first-order valence-corrected chi connectivity index (χ1v) is 8.90. The van der Waals surface area contributed by atoms with Gasteiger partial charge in [-0.1, -0.05) is 19.1 Å². The summed E-state index contributed by atoms with van der Waals surface area (Å²) in [5.74, 6) is 2.67. The van der Waals surface area contributed by atoms with Gasteiger partial charge < -0.3 is 19.9 Å². The van der Waals surface area contributed by atoms with Crippen LogP contribution in [0.15, 0.2) is 29.3 Å². The molecule has 1 aliphatic heterocycles. The molecule has 0 spiro atoms. The van der Waals surface area contributed by atoms with Crippen LogP contribution in [-0.2, 0) is 6.54 Å². The highest BCUT2D eigenvalue weighted by Gasteiger charge is 2.18. The van der Waals surface area contributed by atoms with Crippen LogP contribution in [0.2, 0.25) is 0 Å². The van der Waals surface area contributed by atoms with Gasteiger partial charge in [-0.25, -0.2) is 0 Å². The van der Waals surface area contributed by atoms with Crippen LogP contribution in [0.1, 0.15) is 25.3 Å². The van der Waals surface area contributed by atoms with E-state index in [0.717, 1.165) is 43.8 Å². The maximum absolute atomic E-state index is 5.81. The number of likely N-dealkylation sites (N-methyl/N-ethyl adjacent to an activating group) is 1. The zero-order chi connectivity index (χ0) is 17.4. The lowest BCUT2D eigenvalue weighted by Gasteiger charge is -2.33. The van der Waals surface area contributed by atoms with Gasteiger partial charge in [0.25, 0.3) is 0 Å². The molecule has 1 aromatic carbocycles. The summed E-state index contributed by atoms with van der Waals surface area (Å²) in [4.78, 5) is 8.93. The predicted molar refractivity (Wildman–Crippen MR) is 116 cm³/mol. The molecule has 5 nitrogen and oxygen atoms in total. The number of ether oxygens (including phenoxy) is 1. The highest BCUT2D eigenvalue weighted by molar-refractivity contribution is 14.0. The lowest BCUT2D eigenvalue weighted by molar-refractivity contribution is 0.261. The van der Waals surface area contributed by atoms with E-state index in [4.69, 9.17) is 4.74 Å². The molecule has 6 heteroatoms. The number of halogens is 1. The van der Waals surface area contributed by atoms with Gasteiger partial charge in [0.1, 0.15) is 12.4 Å². The molecule has 0 radical (unpaired) electrons. The van der Waals surface area contributed by atoms with E-state index in [-0.39, 0.29) is 24.0 Å². The fraction of sp³-hybridized carbons (Fsp3) is 0.632. The topological polar surface area (TPSA) is 40.1 Å². The molecule has 142 valence electrons. The van der Waals surface area contributed by atoms with Crippen molar-refractivity contribution in [3.8, 4) is 5.75 Å². The van der Waals surface area contributed by atoms with E-state index in [0.29, 0.717) is 6.61 Å². The Labute approximate surface area is 169 Å². The molecule has 1 N–H and O–H groups in total. The minimum absolute atomic E-state index is 0. The Morgan fingerprint density at radius 2 is 2.20 bits per heavy atom. The fourth-order valence-electron chi connectivity index (χ4n) is 2.99. The SMILES string of the molecule is CN=C(NCc1cccc(OCCN(C)C)c1)N1CCCC(C)C1.I. The molecule has 0 amide bonds. The van der Waals surface area contributed by atoms with E-state index in [2.05, 4.69) is 53.3 Å². The number of hydrogen-bond acceptors (Lipinski definition) is 3. The van der Waals surface area contributed by atoms with Gasteiger partial charge in [0, 0.05) is 33.2 Å². The van der Waals surface area contributed by atoms with Crippen LogP contribution in [0, 0.1) is 5.92 Å². The van der Waals surface area contributed by atoms with Crippen molar-refractivity contribution in [3.05, 3.63) is 29.8 Å². The van der Waals surface area contributed by atoms with Gasteiger partial charge in [-0.15, -0.1) is 24.0 Å². The minimum Gasteiger partial charge on any atom is -0.492 e. The molecule has 2 rings (SSSR count). The normalized spacial score (nSPS) is 18.0. The molecule has 0 bridgehead atoms. The zero-order valence-corrected chi connectivity index (χ0v) is 18.3. The maximum atomic E-state index is 5.81. The molecule has 1 heterocycles.